The summed E-state index contributed by atoms with van der Waals surface area (Å²) < 4.78 is 13.0. The molecule has 0 spiro atoms. The second-order valence-electron chi connectivity index (χ2n) is 5.02. The van der Waals surface area contributed by atoms with Crippen molar-refractivity contribution in [2.45, 2.75) is 44.6 Å². The van der Waals surface area contributed by atoms with Crippen LogP contribution in [0.5, 0.6) is 0 Å². The van der Waals surface area contributed by atoms with Crippen molar-refractivity contribution in [2.24, 2.45) is 5.73 Å². The molecule has 1 fully saturated rings. The van der Waals surface area contributed by atoms with Crippen LogP contribution < -0.4 is 5.73 Å². The van der Waals surface area contributed by atoms with Gasteiger partial charge >= 0.3 is 0 Å². The van der Waals surface area contributed by atoms with Crippen LogP contribution in [0.15, 0.2) is 18.2 Å². The van der Waals surface area contributed by atoms with Gasteiger partial charge in [0.25, 0.3) is 0 Å². The molecule has 1 aliphatic carbocycles. The van der Waals surface area contributed by atoms with Crippen molar-refractivity contribution in [3.05, 3.63) is 35.1 Å². The minimum Gasteiger partial charge on any atom is -0.328 e. The second-order valence-corrected chi connectivity index (χ2v) is 5.02. The monoisotopic (exact) mass is 207 g/mol. The Morgan fingerprint density at radius 3 is 2.73 bits per heavy atom. The topological polar surface area (TPSA) is 26.0 Å². The summed E-state index contributed by atoms with van der Waals surface area (Å²) in [5.74, 6) is -0.151. The minimum atomic E-state index is -0.151. The highest BCUT2D eigenvalue weighted by Crippen LogP contribution is 2.41. The molecule has 15 heavy (non-hydrogen) atoms. The summed E-state index contributed by atoms with van der Waals surface area (Å²) in [4.78, 5) is 0. The molecule has 2 heteroatoms. The van der Waals surface area contributed by atoms with Crippen LogP contribution >= 0.6 is 0 Å². The van der Waals surface area contributed by atoms with E-state index in [4.69, 9.17) is 5.73 Å². The Kier molecular flexibility index (Phi) is 2.55. The lowest BCUT2D eigenvalue weighted by atomic mass is 9.78. The van der Waals surface area contributed by atoms with Crippen molar-refractivity contribution < 1.29 is 4.39 Å². The Labute approximate surface area is 90.5 Å². The molecule has 2 rings (SSSR count). The van der Waals surface area contributed by atoms with Gasteiger partial charge in [0.05, 0.1) is 0 Å². The van der Waals surface area contributed by atoms with E-state index >= 15 is 0 Å². The van der Waals surface area contributed by atoms with Crippen LogP contribution in [0.1, 0.15) is 37.3 Å². The van der Waals surface area contributed by atoms with Gasteiger partial charge in [-0.25, -0.2) is 4.39 Å². The van der Waals surface area contributed by atoms with E-state index in [1.54, 1.807) is 12.1 Å². The lowest BCUT2D eigenvalue weighted by Gasteiger charge is -2.26. The van der Waals surface area contributed by atoms with Crippen molar-refractivity contribution in [2.75, 3.05) is 0 Å². The number of benzene rings is 1. The zero-order valence-electron chi connectivity index (χ0n) is 9.39. The minimum absolute atomic E-state index is 0.150. The Hall–Kier alpha value is -0.890. The molecule has 1 aliphatic rings. The van der Waals surface area contributed by atoms with Crippen LogP contribution in [0.25, 0.3) is 0 Å². The molecule has 0 amide bonds. The number of aryl methyl sites for hydroxylation is 1. The molecule has 0 saturated heterocycles. The summed E-state index contributed by atoms with van der Waals surface area (Å²) in [6.45, 7) is 4.22. The summed E-state index contributed by atoms with van der Waals surface area (Å²) in [5, 5.41) is 0. The zero-order chi connectivity index (χ0) is 11.1. The molecular formula is C13H18FN. The van der Waals surface area contributed by atoms with Gasteiger partial charge in [-0.2, -0.15) is 0 Å². The molecule has 1 aromatic carbocycles. The average Bonchev–Trinajstić information content (AvgIpc) is 2.46. The van der Waals surface area contributed by atoms with Crippen molar-refractivity contribution >= 4 is 0 Å². The third-order valence-corrected chi connectivity index (χ3v) is 3.62. The molecule has 1 nitrogen and oxygen atoms in total. The lowest BCUT2D eigenvalue weighted by Crippen LogP contribution is -2.23. The number of hydrogen-bond donors (Lipinski definition) is 1. The Balaban J connectivity index is 2.37. The maximum atomic E-state index is 13.0. The van der Waals surface area contributed by atoms with Crippen LogP contribution in [-0.4, -0.2) is 6.04 Å². The molecule has 0 radical (unpaired) electrons. The Bertz CT molecular complexity index is 375. The van der Waals surface area contributed by atoms with Gasteiger partial charge in [-0.15, -0.1) is 0 Å². The SMILES string of the molecule is Cc1cc(F)ccc1C1(C)CCC(N)C1. The fourth-order valence-corrected chi connectivity index (χ4v) is 2.84. The summed E-state index contributed by atoms with van der Waals surface area (Å²) in [7, 11) is 0. The number of nitrogens with two attached hydrogens (primary N) is 1. The number of rotatable bonds is 1. The molecule has 0 aromatic heterocycles. The third kappa shape index (κ3) is 1.91. The quantitative estimate of drug-likeness (QED) is 0.753. The van der Waals surface area contributed by atoms with Crippen LogP contribution in [0.4, 0.5) is 4.39 Å². The largest absolute Gasteiger partial charge is 0.328 e. The molecule has 0 bridgehead atoms. The Morgan fingerprint density at radius 1 is 1.47 bits per heavy atom. The first kappa shape index (κ1) is 10.6. The van der Waals surface area contributed by atoms with Crippen LogP contribution in [0.3, 0.4) is 0 Å². The van der Waals surface area contributed by atoms with E-state index in [-0.39, 0.29) is 11.2 Å². The summed E-state index contributed by atoms with van der Waals surface area (Å²) in [6, 6.07) is 5.39. The van der Waals surface area contributed by atoms with Crippen LogP contribution in [0, 0.1) is 12.7 Å². The molecule has 2 atom stereocenters. The van der Waals surface area contributed by atoms with E-state index < -0.39 is 0 Å². The van der Waals surface area contributed by atoms with Crippen molar-refractivity contribution in [1.29, 1.82) is 0 Å². The second kappa shape index (κ2) is 3.60. The van der Waals surface area contributed by atoms with Gasteiger partial charge in [0, 0.05) is 6.04 Å². The Morgan fingerprint density at radius 2 is 2.20 bits per heavy atom. The van der Waals surface area contributed by atoms with Gasteiger partial charge in [-0.1, -0.05) is 13.0 Å². The van der Waals surface area contributed by atoms with E-state index in [9.17, 15) is 4.39 Å². The fourth-order valence-electron chi connectivity index (χ4n) is 2.84. The third-order valence-electron chi connectivity index (χ3n) is 3.62. The van der Waals surface area contributed by atoms with Gasteiger partial charge in [0.1, 0.15) is 5.82 Å². The smallest absolute Gasteiger partial charge is 0.123 e. The highest BCUT2D eigenvalue weighted by Gasteiger charge is 2.35. The standard InChI is InChI=1S/C13H18FN/c1-9-7-10(14)3-4-12(9)13(2)6-5-11(15)8-13/h3-4,7,11H,5-6,8,15H2,1-2H3. The molecule has 0 heterocycles. The van der Waals surface area contributed by atoms with E-state index in [2.05, 4.69) is 6.92 Å². The van der Waals surface area contributed by atoms with Crippen molar-refractivity contribution in [1.82, 2.24) is 0 Å². The van der Waals surface area contributed by atoms with Crippen LogP contribution in [0.2, 0.25) is 0 Å². The first-order valence-electron chi connectivity index (χ1n) is 5.53. The molecular weight excluding hydrogens is 189 g/mol. The number of hydrogen-bond acceptors (Lipinski definition) is 1. The first-order chi connectivity index (χ1) is 7.01. The highest BCUT2D eigenvalue weighted by molar-refractivity contribution is 5.34. The van der Waals surface area contributed by atoms with Gasteiger partial charge in [0.15, 0.2) is 0 Å². The van der Waals surface area contributed by atoms with Crippen molar-refractivity contribution in [3.63, 3.8) is 0 Å². The molecule has 0 aliphatic heterocycles. The van der Waals surface area contributed by atoms with Crippen LogP contribution in [-0.2, 0) is 5.41 Å². The summed E-state index contributed by atoms with van der Waals surface area (Å²) in [6.07, 6.45) is 3.20. The van der Waals surface area contributed by atoms with Gasteiger partial charge in [-0.05, 0) is 54.9 Å². The molecule has 1 saturated carbocycles. The first-order valence-corrected chi connectivity index (χ1v) is 5.53. The van der Waals surface area contributed by atoms with Gasteiger partial charge < -0.3 is 5.73 Å². The average molecular weight is 207 g/mol. The van der Waals surface area contributed by atoms with E-state index in [1.165, 1.54) is 5.56 Å². The van der Waals surface area contributed by atoms with Crippen molar-refractivity contribution in [3.8, 4) is 0 Å². The molecule has 1 aromatic rings. The van der Waals surface area contributed by atoms with E-state index in [1.807, 2.05) is 13.0 Å². The van der Waals surface area contributed by atoms with Gasteiger partial charge in [0.2, 0.25) is 0 Å². The molecule has 2 unspecified atom stereocenters. The highest BCUT2D eigenvalue weighted by atomic mass is 19.1. The van der Waals surface area contributed by atoms with E-state index in [0.29, 0.717) is 6.04 Å². The maximum Gasteiger partial charge on any atom is 0.123 e. The molecule has 2 N–H and O–H groups in total. The van der Waals surface area contributed by atoms with E-state index in [0.717, 1.165) is 24.8 Å². The normalized spacial score (nSPS) is 30.8. The molecule has 82 valence electrons. The predicted octanol–water partition coefficient (Wildman–Crippen LogP) is 2.90. The zero-order valence-corrected chi connectivity index (χ0v) is 9.39. The summed E-state index contributed by atoms with van der Waals surface area (Å²) in [5.41, 5.74) is 8.41. The maximum absolute atomic E-state index is 13.0. The number of halogens is 1. The van der Waals surface area contributed by atoms with Gasteiger partial charge in [-0.3, -0.25) is 0 Å². The predicted molar refractivity (Wildman–Crippen MR) is 60.3 cm³/mol. The summed E-state index contributed by atoms with van der Waals surface area (Å²) >= 11 is 0. The fraction of sp³-hybridized carbons (Fsp3) is 0.538. The lowest BCUT2D eigenvalue weighted by molar-refractivity contribution is 0.478.